The van der Waals surface area contributed by atoms with Gasteiger partial charge in [-0.1, -0.05) is 48.5 Å². The van der Waals surface area contributed by atoms with Crippen LogP contribution >= 0.6 is 0 Å². The van der Waals surface area contributed by atoms with Crippen LogP contribution in [-0.2, 0) is 12.7 Å². The molecule has 0 amide bonds. The van der Waals surface area contributed by atoms with Crippen molar-refractivity contribution in [2.24, 2.45) is 10.2 Å². The lowest BCUT2D eigenvalue weighted by Crippen LogP contribution is -2.04. The molecule has 29 heavy (non-hydrogen) atoms. The molecule has 0 aliphatic rings. The standard InChI is InChI=1S/C22H16F3N3O/c23-22(24,25)16-8-6-7-15(13-16)14-26-27-20-18-11-4-5-12-19(18)28(21(20)29)17-9-2-1-3-10-17/h1-13,29H,14H2. The minimum absolute atomic E-state index is 0.0335. The van der Waals surface area contributed by atoms with Gasteiger partial charge in [-0.2, -0.15) is 18.3 Å². The van der Waals surface area contributed by atoms with Gasteiger partial charge in [0.2, 0.25) is 5.88 Å². The average Bonchev–Trinajstić information content (AvgIpc) is 3.00. The summed E-state index contributed by atoms with van der Waals surface area (Å²) in [5.74, 6) is -0.0785. The molecule has 1 aromatic heterocycles. The number of aromatic hydroxyl groups is 1. The van der Waals surface area contributed by atoms with Crippen LogP contribution in [0.4, 0.5) is 18.9 Å². The zero-order chi connectivity index (χ0) is 20.4. The largest absolute Gasteiger partial charge is 0.493 e. The highest BCUT2D eigenvalue weighted by Crippen LogP contribution is 2.40. The Kier molecular flexibility index (Phi) is 4.80. The van der Waals surface area contributed by atoms with Crippen LogP contribution in [0.15, 0.2) is 89.1 Å². The first-order chi connectivity index (χ1) is 13.9. The normalized spacial score (nSPS) is 12.1. The molecule has 0 atom stereocenters. The lowest BCUT2D eigenvalue weighted by atomic mass is 10.1. The number of benzene rings is 3. The van der Waals surface area contributed by atoms with Crippen LogP contribution in [0, 0.1) is 0 Å². The summed E-state index contributed by atoms with van der Waals surface area (Å²) in [6.45, 7) is -0.0335. The molecule has 4 nitrogen and oxygen atoms in total. The van der Waals surface area contributed by atoms with E-state index >= 15 is 0 Å². The maximum absolute atomic E-state index is 12.9. The summed E-state index contributed by atoms with van der Waals surface area (Å²) in [6.07, 6.45) is -4.41. The zero-order valence-electron chi connectivity index (χ0n) is 15.1. The van der Waals surface area contributed by atoms with Crippen LogP contribution in [0.2, 0.25) is 0 Å². The van der Waals surface area contributed by atoms with Crippen LogP contribution in [0.1, 0.15) is 11.1 Å². The topological polar surface area (TPSA) is 49.9 Å². The lowest BCUT2D eigenvalue weighted by Gasteiger charge is -2.07. The average molecular weight is 395 g/mol. The minimum Gasteiger partial charge on any atom is -0.493 e. The van der Waals surface area contributed by atoms with Crippen molar-refractivity contribution in [1.29, 1.82) is 0 Å². The zero-order valence-corrected chi connectivity index (χ0v) is 15.1. The van der Waals surface area contributed by atoms with Crippen molar-refractivity contribution in [1.82, 2.24) is 4.57 Å². The Morgan fingerprint density at radius 1 is 0.862 bits per heavy atom. The number of fused-ring (bicyclic) bond motifs is 1. The van der Waals surface area contributed by atoms with Gasteiger partial charge in [0.05, 0.1) is 17.6 Å². The molecule has 0 saturated heterocycles. The van der Waals surface area contributed by atoms with Gasteiger partial charge in [0.15, 0.2) is 5.69 Å². The second-order valence-corrected chi connectivity index (χ2v) is 6.46. The maximum atomic E-state index is 12.9. The number of hydrogen-bond donors (Lipinski definition) is 1. The van der Waals surface area contributed by atoms with E-state index in [4.69, 9.17) is 0 Å². The van der Waals surface area contributed by atoms with Crippen LogP contribution in [0.5, 0.6) is 5.88 Å². The number of alkyl halides is 3. The summed E-state index contributed by atoms with van der Waals surface area (Å²) < 4.78 is 40.2. The van der Waals surface area contributed by atoms with Crippen molar-refractivity contribution in [2.45, 2.75) is 12.7 Å². The molecular formula is C22H16F3N3O. The number of azo groups is 1. The molecule has 0 bridgehead atoms. The number of nitrogens with zero attached hydrogens (tertiary/aromatic N) is 3. The van der Waals surface area contributed by atoms with Gasteiger partial charge >= 0.3 is 6.18 Å². The first kappa shape index (κ1) is 18.7. The molecule has 0 unspecified atom stereocenters. The molecule has 4 aromatic rings. The van der Waals surface area contributed by atoms with E-state index in [0.717, 1.165) is 23.3 Å². The molecule has 146 valence electrons. The summed E-state index contributed by atoms with van der Waals surface area (Å²) in [6, 6.07) is 21.6. The van der Waals surface area contributed by atoms with E-state index in [1.165, 1.54) is 6.07 Å². The number of hydrogen-bond acceptors (Lipinski definition) is 3. The monoisotopic (exact) mass is 395 g/mol. The first-order valence-corrected chi connectivity index (χ1v) is 8.86. The fourth-order valence-electron chi connectivity index (χ4n) is 3.18. The van der Waals surface area contributed by atoms with Gasteiger partial charge < -0.3 is 5.11 Å². The Morgan fingerprint density at radius 3 is 2.34 bits per heavy atom. The summed E-state index contributed by atoms with van der Waals surface area (Å²) in [5.41, 5.74) is 1.45. The minimum atomic E-state index is -4.41. The van der Waals surface area contributed by atoms with Crippen molar-refractivity contribution in [3.8, 4) is 11.6 Å². The molecule has 0 aliphatic heterocycles. The second kappa shape index (κ2) is 7.43. The third kappa shape index (κ3) is 3.71. The summed E-state index contributed by atoms with van der Waals surface area (Å²) in [5, 5.41) is 19.6. The number of rotatable bonds is 4. The Balaban J connectivity index is 1.70. The first-order valence-electron chi connectivity index (χ1n) is 8.86. The van der Waals surface area contributed by atoms with Gasteiger partial charge in [0.1, 0.15) is 0 Å². The molecule has 4 rings (SSSR count). The second-order valence-electron chi connectivity index (χ2n) is 6.46. The van der Waals surface area contributed by atoms with Crippen molar-refractivity contribution in [3.05, 3.63) is 90.0 Å². The van der Waals surface area contributed by atoms with Crippen molar-refractivity contribution < 1.29 is 18.3 Å². The molecule has 1 heterocycles. The van der Waals surface area contributed by atoms with Gasteiger partial charge in [-0.05, 0) is 35.9 Å². The fraction of sp³-hybridized carbons (Fsp3) is 0.0909. The highest BCUT2D eigenvalue weighted by atomic mass is 19.4. The van der Waals surface area contributed by atoms with Crippen molar-refractivity contribution >= 4 is 16.6 Å². The Bertz CT molecular complexity index is 1180. The Morgan fingerprint density at radius 2 is 1.59 bits per heavy atom. The smallest absolute Gasteiger partial charge is 0.416 e. The molecule has 0 saturated carbocycles. The third-order valence-electron chi connectivity index (χ3n) is 4.52. The molecule has 0 fully saturated rings. The third-order valence-corrected chi connectivity index (χ3v) is 4.52. The molecule has 7 heteroatoms. The van der Waals surface area contributed by atoms with E-state index in [-0.39, 0.29) is 18.1 Å². The number of aromatic nitrogens is 1. The summed E-state index contributed by atoms with van der Waals surface area (Å²) in [4.78, 5) is 0. The SMILES string of the molecule is Oc1c(N=NCc2cccc(C(F)(F)F)c2)c2ccccc2n1-c1ccccc1. The number of para-hydroxylation sites is 2. The van der Waals surface area contributed by atoms with Crippen molar-refractivity contribution in [3.63, 3.8) is 0 Å². The van der Waals surface area contributed by atoms with E-state index in [1.807, 2.05) is 54.6 Å². The summed E-state index contributed by atoms with van der Waals surface area (Å²) >= 11 is 0. The molecule has 0 radical (unpaired) electrons. The van der Waals surface area contributed by atoms with Crippen molar-refractivity contribution in [2.75, 3.05) is 0 Å². The quantitative estimate of drug-likeness (QED) is 0.387. The molecular weight excluding hydrogens is 379 g/mol. The predicted octanol–water partition coefficient (Wildman–Crippen LogP) is 6.64. The van der Waals surface area contributed by atoms with E-state index in [9.17, 15) is 18.3 Å². The van der Waals surface area contributed by atoms with Crippen LogP contribution in [-0.4, -0.2) is 9.67 Å². The van der Waals surface area contributed by atoms with E-state index in [1.54, 1.807) is 10.6 Å². The Labute approximate surface area is 164 Å². The summed E-state index contributed by atoms with van der Waals surface area (Å²) in [7, 11) is 0. The Hall–Kier alpha value is -3.61. The maximum Gasteiger partial charge on any atom is 0.416 e. The van der Waals surface area contributed by atoms with Gasteiger partial charge in [-0.3, -0.25) is 4.57 Å². The van der Waals surface area contributed by atoms with Gasteiger partial charge in [0, 0.05) is 11.1 Å². The fourth-order valence-corrected chi connectivity index (χ4v) is 3.18. The number of halogens is 3. The molecule has 0 spiro atoms. The van der Waals surface area contributed by atoms with E-state index in [2.05, 4.69) is 10.2 Å². The van der Waals surface area contributed by atoms with Gasteiger partial charge in [0.25, 0.3) is 0 Å². The highest BCUT2D eigenvalue weighted by Gasteiger charge is 2.30. The highest BCUT2D eigenvalue weighted by molar-refractivity contribution is 5.96. The molecule has 1 N–H and O–H groups in total. The van der Waals surface area contributed by atoms with Gasteiger partial charge in [-0.15, -0.1) is 5.11 Å². The van der Waals surface area contributed by atoms with E-state index < -0.39 is 11.7 Å². The van der Waals surface area contributed by atoms with E-state index in [0.29, 0.717) is 10.9 Å². The van der Waals surface area contributed by atoms with Gasteiger partial charge in [-0.25, -0.2) is 0 Å². The molecule has 0 aliphatic carbocycles. The molecule has 3 aromatic carbocycles. The van der Waals surface area contributed by atoms with Crippen LogP contribution in [0.25, 0.3) is 16.6 Å². The predicted molar refractivity (Wildman–Crippen MR) is 105 cm³/mol. The lowest BCUT2D eigenvalue weighted by molar-refractivity contribution is -0.137. The van der Waals surface area contributed by atoms with Crippen LogP contribution in [0.3, 0.4) is 0 Å². The van der Waals surface area contributed by atoms with Crippen LogP contribution < -0.4 is 0 Å².